The molecule has 0 saturated carbocycles. The number of carbonyl (C=O) groups excluding carboxylic acids is 2. The minimum absolute atomic E-state index is 0.0682. The van der Waals surface area contributed by atoms with Crippen LogP contribution in [0.3, 0.4) is 0 Å². The Labute approximate surface area is 159 Å². The number of ketones is 1. The van der Waals surface area contributed by atoms with Crippen LogP contribution < -0.4 is 5.32 Å². The molecule has 142 valence electrons. The molecule has 27 heavy (non-hydrogen) atoms. The number of benzene rings is 1. The van der Waals surface area contributed by atoms with Gasteiger partial charge in [-0.05, 0) is 45.0 Å². The van der Waals surface area contributed by atoms with Crippen LogP contribution in [0.2, 0.25) is 0 Å². The summed E-state index contributed by atoms with van der Waals surface area (Å²) in [5, 5.41) is 3.10. The Morgan fingerprint density at radius 3 is 2.67 bits per heavy atom. The maximum absolute atomic E-state index is 13.3. The van der Waals surface area contributed by atoms with Gasteiger partial charge in [-0.1, -0.05) is 25.1 Å². The Kier molecular flexibility index (Phi) is 4.42. The molecule has 4 rings (SSSR count). The third-order valence-electron chi connectivity index (χ3n) is 6.13. The molecule has 1 unspecified atom stereocenters. The summed E-state index contributed by atoms with van der Waals surface area (Å²) in [5.74, 6) is 2.18. The van der Waals surface area contributed by atoms with Gasteiger partial charge in [-0.3, -0.25) is 9.59 Å². The first-order chi connectivity index (χ1) is 12.9. The van der Waals surface area contributed by atoms with Crippen LogP contribution in [-0.4, -0.2) is 42.3 Å². The summed E-state index contributed by atoms with van der Waals surface area (Å²) in [6.45, 7) is 8.34. The van der Waals surface area contributed by atoms with Crippen molar-refractivity contribution >= 4 is 11.7 Å². The highest BCUT2D eigenvalue weighted by atomic mass is 16.3. The van der Waals surface area contributed by atoms with Gasteiger partial charge in [-0.2, -0.15) is 0 Å². The van der Waals surface area contributed by atoms with Crippen LogP contribution in [0.25, 0.3) is 0 Å². The second kappa shape index (κ2) is 6.64. The second-order valence-corrected chi connectivity index (χ2v) is 8.19. The highest BCUT2D eigenvalue weighted by molar-refractivity contribution is 6.12. The molecule has 1 amide bonds. The topological polar surface area (TPSA) is 62.6 Å². The van der Waals surface area contributed by atoms with E-state index in [1.807, 2.05) is 32.0 Å². The van der Waals surface area contributed by atoms with E-state index in [1.54, 1.807) is 18.2 Å². The molecule has 2 aliphatic rings. The van der Waals surface area contributed by atoms with E-state index >= 15 is 0 Å². The zero-order valence-corrected chi connectivity index (χ0v) is 16.1. The van der Waals surface area contributed by atoms with Crippen LogP contribution in [0.5, 0.6) is 0 Å². The Hall–Kier alpha value is -2.40. The molecule has 0 aliphatic carbocycles. The molecule has 3 heterocycles. The molecule has 3 atom stereocenters. The predicted molar refractivity (Wildman–Crippen MR) is 103 cm³/mol. The molecule has 5 nitrogen and oxygen atoms in total. The highest BCUT2D eigenvalue weighted by Crippen LogP contribution is 2.37. The van der Waals surface area contributed by atoms with Gasteiger partial charge in [0.2, 0.25) is 0 Å². The van der Waals surface area contributed by atoms with Gasteiger partial charge < -0.3 is 14.6 Å². The fraction of sp³-hybridized carbons (Fsp3) is 0.455. The first-order valence-corrected chi connectivity index (χ1v) is 9.62. The number of likely N-dealkylation sites (tertiary alicyclic amines) is 1. The van der Waals surface area contributed by atoms with E-state index in [-0.39, 0.29) is 17.7 Å². The number of hydrogen-bond donors (Lipinski definition) is 1. The van der Waals surface area contributed by atoms with Crippen LogP contribution >= 0.6 is 0 Å². The van der Waals surface area contributed by atoms with Crippen molar-refractivity contribution in [2.24, 2.45) is 5.41 Å². The van der Waals surface area contributed by atoms with Crippen molar-refractivity contribution in [3.05, 3.63) is 59.0 Å². The van der Waals surface area contributed by atoms with E-state index in [0.717, 1.165) is 24.5 Å². The largest absolute Gasteiger partial charge is 0.466 e. The lowest BCUT2D eigenvalue weighted by atomic mass is 9.78. The van der Waals surface area contributed by atoms with Gasteiger partial charge in [-0.15, -0.1) is 0 Å². The summed E-state index contributed by atoms with van der Waals surface area (Å²) >= 11 is 0. The second-order valence-electron chi connectivity index (χ2n) is 8.19. The van der Waals surface area contributed by atoms with E-state index in [9.17, 15) is 9.59 Å². The lowest BCUT2D eigenvalue weighted by Crippen LogP contribution is -2.47. The molecule has 1 saturated heterocycles. The smallest absolute Gasteiger partial charge is 0.252 e. The zero-order chi connectivity index (χ0) is 19.2. The van der Waals surface area contributed by atoms with Crippen LogP contribution in [0, 0.1) is 12.3 Å². The first kappa shape index (κ1) is 18.0. The van der Waals surface area contributed by atoms with Crippen molar-refractivity contribution < 1.29 is 14.0 Å². The van der Waals surface area contributed by atoms with Crippen LogP contribution in [0.4, 0.5) is 0 Å². The third kappa shape index (κ3) is 3.10. The molecular weight excluding hydrogens is 340 g/mol. The number of amides is 1. The van der Waals surface area contributed by atoms with E-state index in [1.165, 1.54) is 0 Å². The summed E-state index contributed by atoms with van der Waals surface area (Å²) in [6.07, 6.45) is 0.953. The molecule has 0 bridgehead atoms. The minimum atomic E-state index is -0.591. The summed E-state index contributed by atoms with van der Waals surface area (Å²) in [5.41, 5.74) is 0.444. The predicted octanol–water partition coefficient (Wildman–Crippen LogP) is 3.40. The molecule has 2 aliphatic heterocycles. The molecule has 1 aromatic heterocycles. The number of fused-ring (bicyclic) bond motifs is 2. The molecule has 0 radical (unpaired) electrons. The maximum Gasteiger partial charge on any atom is 0.252 e. The molecule has 5 heteroatoms. The average molecular weight is 366 g/mol. The van der Waals surface area contributed by atoms with Gasteiger partial charge >= 0.3 is 0 Å². The number of furan rings is 1. The molecule has 0 spiro atoms. The highest BCUT2D eigenvalue weighted by Gasteiger charge is 2.51. The van der Waals surface area contributed by atoms with E-state index in [4.69, 9.17) is 4.42 Å². The van der Waals surface area contributed by atoms with Crippen LogP contribution in [0.1, 0.15) is 58.4 Å². The fourth-order valence-corrected chi connectivity index (χ4v) is 4.36. The summed E-state index contributed by atoms with van der Waals surface area (Å²) in [6, 6.07) is 11.0. The van der Waals surface area contributed by atoms with Crippen molar-refractivity contribution in [1.29, 1.82) is 0 Å². The van der Waals surface area contributed by atoms with Crippen molar-refractivity contribution in [2.45, 2.75) is 39.2 Å². The number of nitrogens with one attached hydrogen (secondary N) is 1. The van der Waals surface area contributed by atoms with Gasteiger partial charge in [0.15, 0.2) is 5.78 Å². The maximum atomic E-state index is 13.3. The van der Waals surface area contributed by atoms with Crippen molar-refractivity contribution in [3.8, 4) is 0 Å². The Balaban J connectivity index is 1.49. The van der Waals surface area contributed by atoms with Gasteiger partial charge in [0, 0.05) is 24.6 Å². The standard InChI is InChI=1S/C22H26N2O3/c1-14(18-9-8-15(2)27-18)10-11-24-12-19-22(3,13-24)20(25)16-6-4-5-7-17(16)21(26)23-19/h4-9,14,19H,10-13H2,1-3H3,(H,23,26)/t14?,19-,22+/m1/s1. The van der Waals surface area contributed by atoms with Crippen LogP contribution in [0.15, 0.2) is 40.8 Å². The number of rotatable bonds is 4. The molecular formula is C22H26N2O3. The van der Waals surface area contributed by atoms with Crippen molar-refractivity contribution in [3.63, 3.8) is 0 Å². The monoisotopic (exact) mass is 366 g/mol. The summed E-state index contributed by atoms with van der Waals surface area (Å²) < 4.78 is 5.73. The first-order valence-electron chi connectivity index (χ1n) is 9.62. The zero-order valence-electron chi connectivity index (χ0n) is 16.1. The van der Waals surface area contributed by atoms with E-state index in [2.05, 4.69) is 17.1 Å². The normalized spacial score (nSPS) is 26.3. The lowest BCUT2D eigenvalue weighted by molar-refractivity contribution is 0.0790. The fourth-order valence-electron chi connectivity index (χ4n) is 4.36. The molecule has 1 N–H and O–H groups in total. The number of carbonyl (C=O) groups is 2. The minimum Gasteiger partial charge on any atom is -0.466 e. The van der Waals surface area contributed by atoms with Crippen LogP contribution in [-0.2, 0) is 0 Å². The number of hydrogen-bond acceptors (Lipinski definition) is 4. The average Bonchev–Trinajstić information content (AvgIpc) is 3.21. The number of aryl methyl sites for hydroxylation is 1. The van der Waals surface area contributed by atoms with E-state index < -0.39 is 5.41 Å². The summed E-state index contributed by atoms with van der Waals surface area (Å²) in [7, 11) is 0. The van der Waals surface area contributed by atoms with Gasteiger partial charge in [0.05, 0.1) is 17.0 Å². The van der Waals surface area contributed by atoms with Crippen molar-refractivity contribution in [2.75, 3.05) is 19.6 Å². The molecule has 1 fully saturated rings. The Bertz CT molecular complexity index is 887. The Morgan fingerprint density at radius 2 is 1.96 bits per heavy atom. The molecule has 2 aromatic rings. The van der Waals surface area contributed by atoms with Gasteiger partial charge in [0.25, 0.3) is 5.91 Å². The quantitative estimate of drug-likeness (QED) is 0.901. The lowest BCUT2D eigenvalue weighted by Gasteiger charge is -2.27. The Morgan fingerprint density at radius 1 is 1.22 bits per heavy atom. The van der Waals surface area contributed by atoms with Crippen molar-refractivity contribution in [1.82, 2.24) is 10.2 Å². The van der Waals surface area contributed by atoms with E-state index in [0.29, 0.717) is 30.1 Å². The van der Waals surface area contributed by atoms with Gasteiger partial charge in [0.1, 0.15) is 11.5 Å². The third-order valence-corrected chi connectivity index (χ3v) is 6.13. The molecule has 1 aromatic carbocycles. The summed E-state index contributed by atoms with van der Waals surface area (Å²) in [4.78, 5) is 28.2. The number of Topliss-reactive ketones (excluding diaryl/α,β-unsaturated/α-hetero) is 1. The number of nitrogens with zero attached hydrogens (tertiary/aromatic N) is 1. The SMILES string of the molecule is Cc1ccc(C(C)CCN2C[C@H]3NC(=O)c4ccccc4C(=O)[C@@]3(C)C2)o1. The van der Waals surface area contributed by atoms with Gasteiger partial charge in [-0.25, -0.2) is 0 Å².